The molecule has 0 saturated carbocycles. The molecule has 3 saturated heterocycles. The molecule has 3 aromatic carbocycles. The van der Waals surface area contributed by atoms with Crippen LogP contribution in [0.2, 0.25) is 0 Å². The number of piperidine rings is 3. The number of fused-ring (bicyclic) bond motifs is 3. The van der Waals surface area contributed by atoms with Gasteiger partial charge < -0.3 is 14.3 Å². The molecule has 3 heterocycles. The van der Waals surface area contributed by atoms with E-state index in [9.17, 15) is 9.90 Å². The topological polar surface area (TPSA) is 46.5 Å². The van der Waals surface area contributed by atoms with E-state index in [1.165, 1.54) is 18.5 Å². The van der Waals surface area contributed by atoms with Gasteiger partial charge in [0, 0.05) is 25.7 Å². The second-order valence-corrected chi connectivity index (χ2v) is 10.1. The summed E-state index contributed by atoms with van der Waals surface area (Å²) in [6.45, 7) is 4.29. The third-order valence-corrected chi connectivity index (χ3v) is 8.05. The van der Waals surface area contributed by atoms with Gasteiger partial charge in [-0.2, -0.15) is 0 Å². The molecule has 34 heavy (non-hydrogen) atoms. The van der Waals surface area contributed by atoms with Crippen LogP contribution in [0.15, 0.2) is 91.0 Å². The van der Waals surface area contributed by atoms with E-state index in [0.717, 1.165) is 49.8 Å². The third kappa shape index (κ3) is 4.40. The number of ether oxygens (including phenoxy) is 1. The molecule has 3 fully saturated rings. The normalized spacial score (nSPS) is 24.0. The van der Waals surface area contributed by atoms with Gasteiger partial charge in [-0.05, 0) is 23.1 Å². The Kier molecular flexibility index (Phi) is 6.28. The Morgan fingerprint density at radius 2 is 1.26 bits per heavy atom. The summed E-state index contributed by atoms with van der Waals surface area (Å²) >= 11 is 0. The lowest BCUT2D eigenvalue weighted by molar-refractivity contribution is -0.944. The molecule has 0 atom stereocenters. The van der Waals surface area contributed by atoms with Crippen molar-refractivity contribution in [3.8, 4) is 0 Å². The number of hydrogen-bond acceptors (Lipinski definition) is 3. The van der Waals surface area contributed by atoms with Crippen LogP contribution in [0.1, 0.15) is 42.4 Å². The minimum atomic E-state index is -1.81. The van der Waals surface area contributed by atoms with E-state index in [4.69, 9.17) is 4.74 Å². The van der Waals surface area contributed by atoms with E-state index < -0.39 is 17.2 Å². The fourth-order valence-corrected chi connectivity index (χ4v) is 5.82. The van der Waals surface area contributed by atoms with Gasteiger partial charge in [-0.3, -0.25) is 0 Å². The number of hydrogen-bond donors (Lipinski definition) is 1. The molecule has 2 bridgehead atoms. The van der Waals surface area contributed by atoms with Crippen molar-refractivity contribution in [1.29, 1.82) is 0 Å². The Balaban J connectivity index is 1.27. The first-order valence-corrected chi connectivity index (χ1v) is 12.5. The molecule has 0 aromatic heterocycles. The van der Waals surface area contributed by atoms with Crippen molar-refractivity contribution in [1.82, 2.24) is 0 Å². The highest BCUT2D eigenvalue weighted by molar-refractivity contribution is 5.85. The summed E-state index contributed by atoms with van der Waals surface area (Å²) in [7, 11) is 0. The Labute approximate surface area is 202 Å². The maximum Gasteiger partial charge on any atom is 0.348 e. The highest BCUT2D eigenvalue weighted by atomic mass is 16.6. The van der Waals surface area contributed by atoms with Gasteiger partial charge in [0.05, 0.1) is 26.2 Å². The van der Waals surface area contributed by atoms with E-state index in [2.05, 4.69) is 30.3 Å². The van der Waals surface area contributed by atoms with Crippen molar-refractivity contribution < 1.29 is 19.1 Å². The van der Waals surface area contributed by atoms with Crippen molar-refractivity contribution in [2.45, 2.75) is 43.3 Å². The lowest BCUT2D eigenvalue weighted by Crippen LogP contribution is -2.66. The predicted molar refractivity (Wildman–Crippen MR) is 133 cm³/mol. The van der Waals surface area contributed by atoms with Crippen LogP contribution in [0.4, 0.5) is 0 Å². The quantitative estimate of drug-likeness (QED) is 0.389. The smallest absolute Gasteiger partial charge is 0.348 e. The predicted octanol–water partition coefficient (Wildman–Crippen LogP) is 4.85. The number of benzene rings is 3. The van der Waals surface area contributed by atoms with Gasteiger partial charge in [-0.15, -0.1) is 0 Å². The van der Waals surface area contributed by atoms with Crippen LogP contribution in [-0.2, 0) is 21.6 Å². The Morgan fingerprint density at radius 3 is 1.76 bits per heavy atom. The maximum atomic E-state index is 13.6. The Morgan fingerprint density at radius 1 is 0.794 bits per heavy atom. The van der Waals surface area contributed by atoms with Crippen LogP contribution >= 0.6 is 0 Å². The highest BCUT2D eigenvalue weighted by Gasteiger charge is 2.53. The van der Waals surface area contributed by atoms with Gasteiger partial charge in [-0.25, -0.2) is 4.79 Å². The molecular formula is C30H34NO3+. The highest BCUT2D eigenvalue weighted by Crippen LogP contribution is 2.42. The molecule has 0 aliphatic carbocycles. The molecule has 4 nitrogen and oxygen atoms in total. The standard InChI is InChI=1S/C30H34NO3/c32-28(30(33,26-14-6-2-7-15-26)27-16-8-3-9-17-27)34-29-18-22-31(23-19-29,24-20-29)21-10-13-25-11-4-1-5-12-25/h1-9,11-12,14-17,33H,10,13,18-24H2/q+1. The lowest BCUT2D eigenvalue weighted by Gasteiger charge is -2.54. The summed E-state index contributed by atoms with van der Waals surface area (Å²) in [4.78, 5) is 13.6. The molecule has 3 aromatic rings. The summed E-state index contributed by atoms with van der Waals surface area (Å²) in [5, 5.41) is 11.8. The maximum absolute atomic E-state index is 13.6. The van der Waals surface area contributed by atoms with E-state index >= 15 is 0 Å². The van der Waals surface area contributed by atoms with Crippen LogP contribution in [-0.4, -0.2) is 47.3 Å². The Hall–Kier alpha value is -2.95. The molecule has 0 spiro atoms. The van der Waals surface area contributed by atoms with Gasteiger partial charge in [0.25, 0.3) is 0 Å². The fourth-order valence-electron chi connectivity index (χ4n) is 5.82. The lowest BCUT2D eigenvalue weighted by atomic mass is 9.79. The molecule has 4 heteroatoms. The summed E-state index contributed by atoms with van der Waals surface area (Å²) in [5.74, 6) is -0.559. The summed E-state index contributed by atoms with van der Waals surface area (Å²) in [6, 6.07) is 29.0. The molecule has 0 amide bonds. The van der Waals surface area contributed by atoms with Crippen molar-refractivity contribution in [2.24, 2.45) is 0 Å². The van der Waals surface area contributed by atoms with Gasteiger partial charge in [0.1, 0.15) is 5.60 Å². The monoisotopic (exact) mass is 456 g/mol. The second-order valence-electron chi connectivity index (χ2n) is 10.1. The minimum absolute atomic E-state index is 0.464. The summed E-state index contributed by atoms with van der Waals surface area (Å²) in [5.41, 5.74) is 0.210. The molecule has 3 aliphatic rings. The molecule has 3 aliphatic heterocycles. The summed E-state index contributed by atoms with van der Waals surface area (Å²) < 4.78 is 7.39. The number of carbonyl (C=O) groups excluding carboxylic acids is 1. The van der Waals surface area contributed by atoms with Crippen LogP contribution in [0.25, 0.3) is 0 Å². The minimum Gasteiger partial charge on any atom is -0.456 e. The second kappa shape index (κ2) is 9.36. The fraction of sp³-hybridized carbons (Fsp3) is 0.367. The number of nitrogens with zero attached hydrogens (tertiary/aromatic N) is 1. The molecular weight excluding hydrogens is 422 g/mol. The van der Waals surface area contributed by atoms with Crippen LogP contribution in [0.3, 0.4) is 0 Å². The zero-order valence-corrected chi connectivity index (χ0v) is 19.7. The first kappa shape index (κ1) is 22.8. The van der Waals surface area contributed by atoms with E-state index in [1.54, 1.807) is 24.3 Å². The Bertz CT molecular complexity index is 1030. The SMILES string of the molecule is O=C(OC12CC[N+](CCCc3ccccc3)(CC1)CC2)C(O)(c1ccccc1)c1ccccc1. The van der Waals surface area contributed by atoms with Crippen molar-refractivity contribution >= 4 is 5.97 Å². The van der Waals surface area contributed by atoms with Crippen LogP contribution in [0, 0.1) is 0 Å². The average molecular weight is 457 g/mol. The molecule has 1 N–H and O–H groups in total. The molecule has 0 unspecified atom stereocenters. The zero-order chi connectivity index (χ0) is 23.5. The van der Waals surface area contributed by atoms with E-state index in [0.29, 0.717) is 11.1 Å². The van der Waals surface area contributed by atoms with Crippen molar-refractivity contribution in [3.05, 3.63) is 108 Å². The molecule has 6 rings (SSSR count). The first-order chi connectivity index (χ1) is 16.5. The number of rotatable bonds is 8. The number of esters is 1. The van der Waals surface area contributed by atoms with Crippen LogP contribution in [0.5, 0.6) is 0 Å². The molecule has 0 radical (unpaired) electrons. The third-order valence-electron chi connectivity index (χ3n) is 8.05. The van der Waals surface area contributed by atoms with Gasteiger partial charge in [-0.1, -0.05) is 91.0 Å². The largest absolute Gasteiger partial charge is 0.456 e. The van der Waals surface area contributed by atoms with Crippen molar-refractivity contribution in [2.75, 3.05) is 26.2 Å². The van der Waals surface area contributed by atoms with Crippen molar-refractivity contribution in [3.63, 3.8) is 0 Å². The average Bonchev–Trinajstić information content (AvgIpc) is 2.91. The number of aliphatic hydroxyl groups is 1. The first-order valence-electron chi connectivity index (χ1n) is 12.5. The van der Waals surface area contributed by atoms with Gasteiger partial charge in [0.2, 0.25) is 5.60 Å². The molecule has 176 valence electrons. The van der Waals surface area contributed by atoms with E-state index in [-0.39, 0.29) is 0 Å². The number of aryl methyl sites for hydroxylation is 1. The zero-order valence-electron chi connectivity index (χ0n) is 19.7. The van der Waals surface area contributed by atoms with Gasteiger partial charge >= 0.3 is 5.97 Å². The van der Waals surface area contributed by atoms with Gasteiger partial charge in [0.15, 0.2) is 0 Å². The summed E-state index contributed by atoms with van der Waals surface area (Å²) in [6.07, 6.45) is 4.89. The number of carbonyl (C=O) groups is 1. The number of quaternary nitrogens is 1. The van der Waals surface area contributed by atoms with E-state index in [1.807, 2.05) is 36.4 Å². The van der Waals surface area contributed by atoms with Crippen LogP contribution < -0.4 is 0 Å².